The van der Waals surface area contributed by atoms with Crippen LogP contribution in [-0.2, 0) is 6.42 Å². The molecular formula is C32H42. The molecule has 0 aliphatic carbocycles. The van der Waals surface area contributed by atoms with E-state index in [9.17, 15) is 0 Å². The lowest BCUT2D eigenvalue weighted by Gasteiger charge is -2.25. The summed E-state index contributed by atoms with van der Waals surface area (Å²) in [5, 5.41) is 0. The van der Waals surface area contributed by atoms with Gasteiger partial charge in [0.25, 0.3) is 0 Å². The second-order valence-electron chi connectivity index (χ2n) is 10.1. The van der Waals surface area contributed by atoms with Crippen LogP contribution in [0.25, 0.3) is 0 Å². The van der Waals surface area contributed by atoms with Crippen molar-refractivity contribution in [2.75, 3.05) is 0 Å². The Morgan fingerprint density at radius 2 is 1.38 bits per heavy atom. The van der Waals surface area contributed by atoms with Gasteiger partial charge in [-0.05, 0) is 71.8 Å². The van der Waals surface area contributed by atoms with Crippen LogP contribution in [0, 0.1) is 12.8 Å². The zero-order chi connectivity index (χ0) is 23.1. The van der Waals surface area contributed by atoms with Crippen LogP contribution < -0.4 is 0 Å². The normalized spacial score (nSPS) is 14.3. The Morgan fingerprint density at radius 3 is 2.03 bits per heavy atom. The maximum Gasteiger partial charge on any atom is 0.00638 e. The highest BCUT2D eigenvalue weighted by Crippen LogP contribution is 2.35. The number of rotatable bonds is 10. The van der Waals surface area contributed by atoms with Gasteiger partial charge in [0.1, 0.15) is 0 Å². The van der Waals surface area contributed by atoms with Crippen molar-refractivity contribution in [3.8, 4) is 0 Å². The fraction of sp³-hybridized carbons (Fsp3) is 0.438. The van der Waals surface area contributed by atoms with Crippen LogP contribution >= 0.6 is 0 Å². The van der Waals surface area contributed by atoms with Crippen molar-refractivity contribution < 1.29 is 0 Å². The first-order chi connectivity index (χ1) is 15.4. The molecule has 0 nitrogen and oxygen atoms in total. The van der Waals surface area contributed by atoms with Gasteiger partial charge in [0.15, 0.2) is 0 Å². The highest BCUT2D eigenvalue weighted by Gasteiger charge is 2.19. The van der Waals surface area contributed by atoms with Gasteiger partial charge in [0, 0.05) is 5.92 Å². The number of hydrogen-bond donors (Lipinski definition) is 0. The Balaban J connectivity index is 1.72. The van der Waals surface area contributed by atoms with Crippen molar-refractivity contribution in [1.82, 2.24) is 0 Å². The lowest BCUT2D eigenvalue weighted by atomic mass is 9.80. The predicted molar refractivity (Wildman–Crippen MR) is 141 cm³/mol. The minimum Gasteiger partial charge on any atom is -0.0651 e. The van der Waals surface area contributed by atoms with Gasteiger partial charge in [0.2, 0.25) is 0 Å². The summed E-state index contributed by atoms with van der Waals surface area (Å²) in [6, 6.07) is 27.1. The van der Waals surface area contributed by atoms with Crippen molar-refractivity contribution in [2.24, 2.45) is 5.92 Å². The summed E-state index contributed by atoms with van der Waals surface area (Å²) in [5.74, 6) is 2.35. The summed E-state index contributed by atoms with van der Waals surface area (Å²) >= 11 is 0. The van der Waals surface area contributed by atoms with Crippen LogP contribution in [-0.4, -0.2) is 0 Å². The molecule has 0 saturated heterocycles. The molecule has 0 saturated carbocycles. The van der Waals surface area contributed by atoms with Crippen LogP contribution in [0.15, 0.2) is 72.8 Å². The summed E-state index contributed by atoms with van der Waals surface area (Å²) in [4.78, 5) is 0. The largest absolute Gasteiger partial charge is 0.0651 e. The van der Waals surface area contributed by atoms with Crippen LogP contribution in [0.2, 0.25) is 0 Å². The SMILES string of the molecule is CCC(CCc1ccc(C)cc1C(C)C)CC(C)c1ccccc1C(C)c1ccccc1. The molecule has 3 rings (SSSR count). The third-order valence-electron chi connectivity index (χ3n) is 7.30. The number of hydrogen-bond acceptors (Lipinski definition) is 0. The third kappa shape index (κ3) is 6.12. The fourth-order valence-electron chi connectivity index (χ4n) is 5.23. The molecule has 170 valence electrons. The van der Waals surface area contributed by atoms with Gasteiger partial charge in [-0.3, -0.25) is 0 Å². The lowest BCUT2D eigenvalue weighted by Crippen LogP contribution is -2.10. The van der Waals surface area contributed by atoms with Gasteiger partial charge >= 0.3 is 0 Å². The van der Waals surface area contributed by atoms with Crippen molar-refractivity contribution in [1.29, 1.82) is 0 Å². The zero-order valence-electron chi connectivity index (χ0n) is 21.1. The van der Waals surface area contributed by atoms with E-state index in [4.69, 9.17) is 0 Å². The first-order valence-electron chi connectivity index (χ1n) is 12.6. The standard InChI is InChI=1S/C32H42/c1-7-27(18-20-29-19-17-24(4)21-32(29)23(2)3)22-25(5)30-15-11-12-16-31(30)26(6)28-13-9-8-10-14-28/h8-17,19,21,23,25-27H,7,18,20,22H2,1-6H3. The van der Waals surface area contributed by atoms with E-state index >= 15 is 0 Å². The highest BCUT2D eigenvalue weighted by molar-refractivity contribution is 5.39. The van der Waals surface area contributed by atoms with E-state index in [0.717, 1.165) is 5.92 Å². The molecule has 0 spiro atoms. The van der Waals surface area contributed by atoms with Crippen molar-refractivity contribution in [2.45, 2.75) is 85.0 Å². The van der Waals surface area contributed by atoms with Crippen molar-refractivity contribution in [3.05, 3.63) is 106 Å². The maximum absolute atomic E-state index is 2.44. The maximum atomic E-state index is 2.44. The monoisotopic (exact) mass is 426 g/mol. The zero-order valence-corrected chi connectivity index (χ0v) is 21.1. The summed E-state index contributed by atoms with van der Waals surface area (Å²) in [5.41, 5.74) is 8.88. The Labute approximate surface area is 197 Å². The second-order valence-corrected chi connectivity index (χ2v) is 10.1. The summed E-state index contributed by atoms with van der Waals surface area (Å²) in [6.45, 7) is 14.0. The summed E-state index contributed by atoms with van der Waals surface area (Å²) in [7, 11) is 0. The van der Waals surface area contributed by atoms with Gasteiger partial charge in [-0.25, -0.2) is 0 Å². The molecule has 32 heavy (non-hydrogen) atoms. The van der Waals surface area contributed by atoms with E-state index < -0.39 is 0 Å². The summed E-state index contributed by atoms with van der Waals surface area (Å²) < 4.78 is 0. The Morgan fingerprint density at radius 1 is 0.719 bits per heavy atom. The van der Waals surface area contributed by atoms with E-state index in [1.807, 2.05) is 0 Å². The lowest BCUT2D eigenvalue weighted by molar-refractivity contribution is 0.405. The van der Waals surface area contributed by atoms with Crippen LogP contribution in [0.5, 0.6) is 0 Å². The molecular weight excluding hydrogens is 384 g/mol. The van der Waals surface area contributed by atoms with Crippen LogP contribution in [0.1, 0.15) is 105 Å². The second kappa shape index (κ2) is 11.5. The molecule has 0 heteroatoms. The quantitative estimate of drug-likeness (QED) is 0.303. The average Bonchev–Trinajstić information content (AvgIpc) is 2.82. The molecule has 0 amide bonds. The summed E-state index contributed by atoms with van der Waals surface area (Å²) in [6.07, 6.45) is 4.99. The van der Waals surface area contributed by atoms with E-state index in [-0.39, 0.29) is 0 Å². The van der Waals surface area contributed by atoms with Gasteiger partial charge in [0.05, 0.1) is 0 Å². The molecule has 0 bridgehead atoms. The van der Waals surface area contributed by atoms with Gasteiger partial charge in [-0.15, -0.1) is 0 Å². The molecule has 3 aromatic carbocycles. The third-order valence-corrected chi connectivity index (χ3v) is 7.30. The van der Waals surface area contributed by atoms with Gasteiger partial charge < -0.3 is 0 Å². The molecule has 0 heterocycles. The van der Waals surface area contributed by atoms with Crippen molar-refractivity contribution in [3.63, 3.8) is 0 Å². The molecule has 0 aromatic heterocycles. The topological polar surface area (TPSA) is 0 Å². The van der Waals surface area contributed by atoms with Crippen LogP contribution in [0.4, 0.5) is 0 Å². The molecule has 0 aliphatic heterocycles. The Bertz CT molecular complexity index is 966. The Kier molecular flexibility index (Phi) is 8.74. The molecule has 3 atom stereocenters. The Hall–Kier alpha value is -2.34. The first kappa shape index (κ1) is 24.3. The van der Waals surface area contributed by atoms with E-state index in [2.05, 4.69) is 114 Å². The number of aryl methyl sites for hydroxylation is 2. The molecule has 0 aliphatic rings. The molecule has 0 N–H and O–H groups in total. The predicted octanol–water partition coefficient (Wildman–Crippen LogP) is 9.42. The average molecular weight is 427 g/mol. The number of benzene rings is 3. The highest BCUT2D eigenvalue weighted by atomic mass is 14.2. The fourth-order valence-corrected chi connectivity index (χ4v) is 5.23. The minimum atomic E-state index is 0.427. The van der Waals surface area contributed by atoms with Crippen molar-refractivity contribution >= 4 is 0 Å². The molecule has 3 aromatic rings. The minimum absolute atomic E-state index is 0.427. The smallest absolute Gasteiger partial charge is 0.00638 e. The van der Waals surface area contributed by atoms with E-state index in [1.54, 1.807) is 5.56 Å². The van der Waals surface area contributed by atoms with E-state index in [1.165, 1.54) is 53.5 Å². The molecule has 0 fully saturated rings. The molecule has 3 unspecified atom stereocenters. The van der Waals surface area contributed by atoms with Gasteiger partial charge in [-0.1, -0.05) is 119 Å². The van der Waals surface area contributed by atoms with Gasteiger partial charge in [-0.2, -0.15) is 0 Å². The van der Waals surface area contributed by atoms with E-state index in [0.29, 0.717) is 17.8 Å². The van der Waals surface area contributed by atoms with Crippen LogP contribution in [0.3, 0.4) is 0 Å². The first-order valence-corrected chi connectivity index (χ1v) is 12.6. The molecule has 0 radical (unpaired) electrons.